The Labute approximate surface area is 125 Å². The molecular weight excluding hydrogens is 256 g/mol. The number of nitrogens with two attached hydrogens (primary N) is 1. The molecule has 1 aromatic heterocycles. The van der Waals surface area contributed by atoms with Crippen molar-refractivity contribution < 1.29 is 0 Å². The Hall–Kier alpha value is -2.61. The normalized spacial score (nSPS) is 10.6. The average molecular weight is 274 g/mol. The minimum Gasteiger partial charge on any atom is -0.398 e. The van der Waals surface area contributed by atoms with Gasteiger partial charge in [-0.1, -0.05) is 42.5 Å². The van der Waals surface area contributed by atoms with Crippen molar-refractivity contribution in [3.63, 3.8) is 0 Å². The fraction of sp³-hybridized carbons (Fsp3) is 0.105. The lowest BCUT2D eigenvalue weighted by molar-refractivity contribution is 1.28. The molecular formula is C19H18N2. The maximum atomic E-state index is 6.14. The zero-order valence-corrected chi connectivity index (χ0v) is 12.3. The zero-order valence-electron chi connectivity index (χ0n) is 12.3. The van der Waals surface area contributed by atoms with Crippen LogP contribution in [0.3, 0.4) is 0 Å². The van der Waals surface area contributed by atoms with Crippen LogP contribution in [-0.4, -0.2) is 4.98 Å². The predicted molar refractivity (Wildman–Crippen MR) is 89.0 cm³/mol. The third-order valence-corrected chi connectivity index (χ3v) is 3.92. The molecule has 2 aromatic carbocycles. The molecule has 1 heterocycles. The molecule has 0 atom stereocenters. The van der Waals surface area contributed by atoms with E-state index in [9.17, 15) is 0 Å². The van der Waals surface area contributed by atoms with Crippen LogP contribution in [0.25, 0.3) is 22.4 Å². The van der Waals surface area contributed by atoms with E-state index in [1.807, 2.05) is 36.5 Å². The van der Waals surface area contributed by atoms with Gasteiger partial charge in [0.2, 0.25) is 0 Å². The van der Waals surface area contributed by atoms with E-state index in [0.29, 0.717) is 0 Å². The SMILES string of the molecule is Cc1cccc(-c2ncccc2-c2ccccc2N)c1C. The molecule has 3 aromatic rings. The first kappa shape index (κ1) is 13.4. The van der Waals surface area contributed by atoms with Gasteiger partial charge in [0.15, 0.2) is 0 Å². The van der Waals surface area contributed by atoms with Crippen LogP contribution in [0.2, 0.25) is 0 Å². The van der Waals surface area contributed by atoms with Crippen molar-refractivity contribution >= 4 is 5.69 Å². The van der Waals surface area contributed by atoms with Gasteiger partial charge in [0, 0.05) is 28.6 Å². The lowest BCUT2D eigenvalue weighted by Gasteiger charge is -2.14. The summed E-state index contributed by atoms with van der Waals surface area (Å²) >= 11 is 0. The number of aromatic nitrogens is 1. The maximum absolute atomic E-state index is 6.14. The smallest absolute Gasteiger partial charge is 0.0783 e. The van der Waals surface area contributed by atoms with Crippen LogP contribution in [0.1, 0.15) is 11.1 Å². The molecule has 104 valence electrons. The van der Waals surface area contributed by atoms with Crippen molar-refractivity contribution in [1.29, 1.82) is 0 Å². The molecule has 0 bridgehead atoms. The summed E-state index contributed by atoms with van der Waals surface area (Å²) < 4.78 is 0. The molecule has 0 saturated heterocycles. The van der Waals surface area contributed by atoms with Crippen molar-refractivity contribution in [3.8, 4) is 22.4 Å². The number of benzene rings is 2. The highest BCUT2D eigenvalue weighted by Crippen LogP contribution is 2.35. The predicted octanol–water partition coefficient (Wildman–Crippen LogP) is 4.61. The monoisotopic (exact) mass is 274 g/mol. The minimum atomic E-state index is 0.775. The van der Waals surface area contributed by atoms with E-state index in [-0.39, 0.29) is 0 Å². The van der Waals surface area contributed by atoms with E-state index >= 15 is 0 Å². The Bertz CT molecular complexity index is 791. The van der Waals surface area contributed by atoms with Crippen LogP contribution in [-0.2, 0) is 0 Å². The molecule has 2 N–H and O–H groups in total. The topological polar surface area (TPSA) is 38.9 Å². The number of hydrogen-bond donors (Lipinski definition) is 1. The summed E-state index contributed by atoms with van der Waals surface area (Å²) in [6, 6.07) is 18.3. The molecule has 0 aliphatic heterocycles. The summed E-state index contributed by atoms with van der Waals surface area (Å²) in [6.45, 7) is 4.26. The van der Waals surface area contributed by atoms with E-state index in [1.165, 1.54) is 11.1 Å². The summed E-state index contributed by atoms with van der Waals surface area (Å²) in [4.78, 5) is 4.61. The van der Waals surface area contributed by atoms with E-state index in [4.69, 9.17) is 5.73 Å². The van der Waals surface area contributed by atoms with Gasteiger partial charge in [-0.2, -0.15) is 0 Å². The molecule has 0 spiro atoms. The summed E-state index contributed by atoms with van der Waals surface area (Å²) in [5, 5.41) is 0. The van der Waals surface area contributed by atoms with Crippen molar-refractivity contribution in [3.05, 3.63) is 71.9 Å². The number of rotatable bonds is 2. The van der Waals surface area contributed by atoms with Crippen LogP contribution in [0, 0.1) is 13.8 Å². The first-order valence-electron chi connectivity index (χ1n) is 7.05. The van der Waals surface area contributed by atoms with E-state index in [2.05, 4.69) is 43.1 Å². The van der Waals surface area contributed by atoms with E-state index in [1.54, 1.807) is 0 Å². The van der Waals surface area contributed by atoms with E-state index < -0.39 is 0 Å². The highest BCUT2D eigenvalue weighted by Gasteiger charge is 2.12. The van der Waals surface area contributed by atoms with Crippen LogP contribution in [0.5, 0.6) is 0 Å². The number of anilines is 1. The molecule has 0 aliphatic carbocycles. The summed E-state index contributed by atoms with van der Waals surface area (Å²) in [7, 11) is 0. The standard InChI is InChI=1S/C19H18N2/c1-13-7-5-9-15(14(13)2)19-17(10-6-12-21-19)16-8-3-4-11-18(16)20/h3-12H,20H2,1-2H3. The number of pyridine rings is 1. The zero-order chi connectivity index (χ0) is 14.8. The van der Waals surface area contributed by atoms with Crippen molar-refractivity contribution in [2.45, 2.75) is 13.8 Å². The number of para-hydroxylation sites is 1. The fourth-order valence-electron chi connectivity index (χ4n) is 2.59. The Morgan fingerprint density at radius 2 is 1.48 bits per heavy atom. The Morgan fingerprint density at radius 3 is 2.29 bits per heavy atom. The second-order valence-corrected chi connectivity index (χ2v) is 5.23. The van der Waals surface area contributed by atoms with Crippen LogP contribution in [0.4, 0.5) is 5.69 Å². The molecule has 0 saturated carbocycles. The summed E-state index contributed by atoms with van der Waals surface area (Å²) in [5.74, 6) is 0. The molecule has 3 rings (SSSR count). The number of nitrogens with zero attached hydrogens (tertiary/aromatic N) is 1. The highest BCUT2D eigenvalue weighted by atomic mass is 14.7. The number of aryl methyl sites for hydroxylation is 1. The number of hydrogen-bond acceptors (Lipinski definition) is 2. The molecule has 0 aliphatic rings. The van der Waals surface area contributed by atoms with Gasteiger partial charge in [-0.3, -0.25) is 4.98 Å². The first-order valence-corrected chi connectivity index (χ1v) is 7.05. The Balaban J connectivity index is 2.26. The Morgan fingerprint density at radius 1 is 0.762 bits per heavy atom. The van der Waals surface area contributed by atoms with Gasteiger partial charge >= 0.3 is 0 Å². The molecule has 0 radical (unpaired) electrons. The quantitative estimate of drug-likeness (QED) is 0.693. The van der Waals surface area contributed by atoms with Crippen molar-refractivity contribution in [2.75, 3.05) is 5.73 Å². The molecule has 21 heavy (non-hydrogen) atoms. The summed E-state index contributed by atoms with van der Waals surface area (Å²) in [5.41, 5.74) is 13.7. The van der Waals surface area contributed by atoms with E-state index in [0.717, 1.165) is 28.1 Å². The minimum absolute atomic E-state index is 0.775. The average Bonchev–Trinajstić information content (AvgIpc) is 2.51. The number of nitrogen functional groups attached to an aromatic ring is 1. The lowest BCUT2D eigenvalue weighted by atomic mass is 9.94. The van der Waals surface area contributed by atoms with Gasteiger partial charge in [-0.15, -0.1) is 0 Å². The van der Waals surface area contributed by atoms with Crippen molar-refractivity contribution in [1.82, 2.24) is 4.98 Å². The van der Waals surface area contributed by atoms with Crippen LogP contribution >= 0.6 is 0 Å². The lowest BCUT2D eigenvalue weighted by Crippen LogP contribution is -1.95. The highest BCUT2D eigenvalue weighted by molar-refractivity contribution is 5.87. The van der Waals surface area contributed by atoms with Crippen LogP contribution < -0.4 is 5.73 Å². The third kappa shape index (κ3) is 2.40. The van der Waals surface area contributed by atoms with Gasteiger partial charge in [0.1, 0.15) is 0 Å². The fourth-order valence-corrected chi connectivity index (χ4v) is 2.59. The van der Waals surface area contributed by atoms with Crippen molar-refractivity contribution in [2.24, 2.45) is 0 Å². The largest absolute Gasteiger partial charge is 0.398 e. The molecule has 2 heteroatoms. The first-order chi connectivity index (χ1) is 10.2. The Kier molecular flexibility index (Phi) is 3.44. The van der Waals surface area contributed by atoms with Crippen LogP contribution in [0.15, 0.2) is 60.8 Å². The van der Waals surface area contributed by atoms with Gasteiger partial charge in [0.25, 0.3) is 0 Å². The molecule has 2 nitrogen and oxygen atoms in total. The maximum Gasteiger partial charge on any atom is 0.0783 e. The second kappa shape index (κ2) is 5.41. The second-order valence-electron chi connectivity index (χ2n) is 5.23. The molecule has 0 amide bonds. The van der Waals surface area contributed by atoms with Gasteiger partial charge in [-0.05, 0) is 37.1 Å². The van der Waals surface area contributed by atoms with Gasteiger partial charge < -0.3 is 5.73 Å². The third-order valence-electron chi connectivity index (χ3n) is 3.92. The van der Waals surface area contributed by atoms with Gasteiger partial charge in [0.05, 0.1) is 5.69 Å². The molecule has 0 fully saturated rings. The molecule has 0 unspecified atom stereocenters. The van der Waals surface area contributed by atoms with Gasteiger partial charge in [-0.25, -0.2) is 0 Å². The summed E-state index contributed by atoms with van der Waals surface area (Å²) in [6.07, 6.45) is 1.83.